The third-order valence-electron chi connectivity index (χ3n) is 3.37. The highest BCUT2D eigenvalue weighted by molar-refractivity contribution is 5.51. The SMILES string of the molecule is C[C@H]1CN(Cc2nnc(-c3ccc(F)cc3)o2)CCN1. The predicted molar refractivity (Wildman–Crippen MR) is 72.4 cm³/mol. The second-order valence-corrected chi connectivity index (χ2v) is 5.10. The summed E-state index contributed by atoms with van der Waals surface area (Å²) in [6, 6.07) is 6.52. The van der Waals surface area contributed by atoms with Gasteiger partial charge in [0.05, 0.1) is 6.54 Å². The van der Waals surface area contributed by atoms with Gasteiger partial charge in [0.25, 0.3) is 0 Å². The molecule has 0 unspecified atom stereocenters. The van der Waals surface area contributed by atoms with E-state index in [-0.39, 0.29) is 5.82 Å². The summed E-state index contributed by atoms with van der Waals surface area (Å²) in [5, 5.41) is 11.5. The quantitative estimate of drug-likeness (QED) is 0.924. The van der Waals surface area contributed by atoms with Crippen molar-refractivity contribution in [2.45, 2.75) is 19.5 Å². The molecule has 1 atom stereocenters. The topological polar surface area (TPSA) is 54.2 Å². The van der Waals surface area contributed by atoms with Gasteiger partial charge in [-0.25, -0.2) is 4.39 Å². The van der Waals surface area contributed by atoms with Gasteiger partial charge >= 0.3 is 0 Å². The zero-order valence-corrected chi connectivity index (χ0v) is 11.3. The summed E-state index contributed by atoms with van der Waals surface area (Å²) < 4.78 is 18.5. The standard InChI is InChI=1S/C14H17FN4O/c1-10-8-19(7-6-16-10)9-13-17-18-14(20-13)11-2-4-12(15)5-3-11/h2-5,10,16H,6-9H2,1H3/t10-/m0/s1. The summed E-state index contributed by atoms with van der Waals surface area (Å²) in [4.78, 5) is 2.28. The molecule has 1 aliphatic heterocycles. The fraction of sp³-hybridized carbons (Fsp3) is 0.429. The van der Waals surface area contributed by atoms with Crippen molar-refractivity contribution in [1.82, 2.24) is 20.4 Å². The highest BCUT2D eigenvalue weighted by Crippen LogP contribution is 2.18. The highest BCUT2D eigenvalue weighted by Gasteiger charge is 2.18. The maximum Gasteiger partial charge on any atom is 0.247 e. The number of hydrogen-bond acceptors (Lipinski definition) is 5. The minimum absolute atomic E-state index is 0.275. The summed E-state index contributed by atoms with van der Waals surface area (Å²) in [7, 11) is 0. The molecule has 2 aromatic rings. The molecule has 1 aromatic heterocycles. The molecule has 0 spiro atoms. The van der Waals surface area contributed by atoms with Gasteiger partial charge in [-0.1, -0.05) is 0 Å². The lowest BCUT2D eigenvalue weighted by Gasteiger charge is -2.30. The maximum atomic E-state index is 12.9. The summed E-state index contributed by atoms with van der Waals surface area (Å²) in [6.07, 6.45) is 0. The van der Waals surface area contributed by atoms with Crippen molar-refractivity contribution in [1.29, 1.82) is 0 Å². The molecule has 1 aromatic carbocycles. The first-order valence-electron chi connectivity index (χ1n) is 6.75. The van der Waals surface area contributed by atoms with Crippen molar-refractivity contribution in [3.05, 3.63) is 36.0 Å². The van der Waals surface area contributed by atoms with Gasteiger partial charge in [-0.2, -0.15) is 0 Å². The Labute approximate surface area is 116 Å². The lowest BCUT2D eigenvalue weighted by Crippen LogP contribution is -2.48. The molecule has 20 heavy (non-hydrogen) atoms. The second kappa shape index (κ2) is 5.68. The van der Waals surface area contributed by atoms with Crippen molar-refractivity contribution < 1.29 is 8.81 Å². The minimum atomic E-state index is -0.275. The molecule has 6 heteroatoms. The number of benzene rings is 1. The van der Waals surface area contributed by atoms with Crippen LogP contribution < -0.4 is 5.32 Å². The van der Waals surface area contributed by atoms with Crippen molar-refractivity contribution >= 4 is 0 Å². The Kier molecular flexibility index (Phi) is 3.75. The van der Waals surface area contributed by atoms with E-state index >= 15 is 0 Å². The van der Waals surface area contributed by atoms with E-state index < -0.39 is 0 Å². The molecular formula is C14H17FN4O. The van der Waals surface area contributed by atoms with E-state index in [4.69, 9.17) is 4.42 Å². The van der Waals surface area contributed by atoms with Crippen LogP contribution in [0.4, 0.5) is 4.39 Å². The van der Waals surface area contributed by atoms with Gasteiger partial charge in [0.1, 0.15) is 5.82 Å². The molecule has 1 saturated heterocycles. The molecule has 1 fully saturated rings. The molecule has 0 aliphatic carbocycles. The lowest BCUT2D eigenvalue weighted by atomic mass is 10.2. The van der Waals surface area contributed by atoms with Crippen LogP contribution in [-0.4, -0.2) is 40.8 Å². The fourth-order valence-electron chi connectivity index (χ4n) is 2.37. The van der Waals surface area contributed by atoms with E-state index in [9.17, 15) is 4.39 Å². The van der Waals surface area contributed by atoms with Crippen LogP contribution in [0.25, 0.3) is 11.5 Å². The number of aromatic nitrogens is 2. The van der Waals surface area contributed by atoms with E-state index in [1.165, 1.54) is 12.1 Å². The molecule has 1 N–H and O–H groups in total. The van der Waals surface area contributed by atoms with Crippen molar-refractivity contribution in [2.24, 2.45) is 0 Å². The Morgan fingerprint density at radius 3 is 2.90 bits per heavy atom. The first-order valence-corrected chi connectivity index (χ1v) is 6.75. The van der Waals surface area contributed by atoms with Gasteiger partial charge in [0.15, 0.2) is 0 Å². The van der Waals surface area contributed by atoms with Crippen molar-refractivity contribution in [3.8, 4) is 11.5 Å². The summed E-state index contributed by atoms with van der Waals surface area (Å²) in [5.41, 5.74) is 0.735. The van der Waals surface area contributed by atoms with Crippen LogP contribution in [0.3, 0.4) is 0 Å². The third kappa shape index (κ3) is 3.02. The summed E-state index contributed by atoms with van der Waals surface area (Å²) in [5.74, 6) is 0.755. The minimum Gasteiger partial charge on any atom is -0.419 e. The molecule has 0 radical (unpaired) electrons. The van der Waals surface area contributed by atoms with Gasteiger partial charge < -0.3 is 9.73 Å². The molecule has 0 amide bonds. The summed E-state index contributed by atoms with van der Waals surface area (Å²) >= 11 is 0. The van der Waals surface area contributed by atoms with Crippen molar-refractivity contribution in [3.63, 3.8) is 0 Å². The fourth-order valence-corrected chi connectivity index (χ4v) is 2.37. The van der Waals surface area contributed by atoms with E-state index in [0.29, 0.717) is 24.4 Å². The zero-order chi connectivity index (χ0) is 13.9. The first kappa shape index (κ1) is 13.2. The Hall–Kier alpha value is -1.79. The molecule has 2 heterocycles. The molecule has 1 aliphatic rings. The average molecular weight is 276 g/mol. The summed E-state index contributed by atoms with van der Waals surface area (Å²) in [6.45, 7) is 5.72. The Balaban J connectivity index is 1.69. The Morgan fingerprint density at radius 1 is 1.35 bits per heavy atom. The van der Waals surface area contributed by atoms with Gasteiger partial charge in [0.2, 0.25) is 11.8 Å². The van der Waals surface area contributed by atoms with Crippen LogP contribution in [0.2, 0.25) is 0 Å². The zero-order valence-electron chi connectivity index (χ0n) is 11.3. The number of piperazine rings is 1. The number of rotatable bonds is 3. The largest absolute Gasteiger partial charge is 0.419 e. The highest BCUT2D eigenvalue weighted by atomic mass is 19.1. The number of hydrogen-bond donors (Lipinski definition) is 1. The number of nitrogens with zero attached hydrogens (tertiary/aromatic N) is 3. The molecule has 106 valence electrons. The van der Waals surface area contributed by atoms with Crippen molar-refractivity contribution in [2.75, 3.05) is 19.6 Å². The first-order chi connectivity index (χ1) is 9.70. The smallest absolute Gasteiger partial charge is 0.247 e. The second-order valence-electron chi connectivity index (χ2n) is 5.10. The van der Waals surface area contributed by atoms with E-state index in [0.717, 1.165) is 25.2 Å². The van der Waals surface area contributed by atoms with E-state index in [1.807, 2.05) is 0 Å². The van der Waals surface area contributed by atoms with Crippen LogP contribution in [0.5, 0.6) is 0 Å². The van der Waals surface area contributed by atoms with Gasteiger partial charge in [-0.3, -0.25) is 4.90 Å². The predicted octanol–water partition coefficient (Wildman–Crippen LogP) is 1.67. The molecule has 3 rings (SSSR count). The van der Waals surface area contributed by atoms with Crippen LogP contribution in [0, 0.1) is 5.82 Å². The normalized spacial score (nSPS) is 20.2. The molecular weight excluding hydrogens is 259 g/mol. The number of halogens is 1. The molecule has 0 bridgehead atoms. The van der Waals surface area contributed by atoms with Crippen LogP contribution in [0.15, 0.2) is 28.7 Å². The third-order valence-corrected chi connectivity index (χ3v) is 3.37. The van der Waals surface area contributed by atoms with Crippen LogP contribution in [-0.2, 0) is 6.54 Å². The molecule has 0 saturated carbocycles. The maximum absolute atomic E-state index is 12.9. The number of nitrogens with one attached hydrogen (secondary N) is 1. The van der Waals surface area contributed by atoms with E-state index in [2.05, 4.69) is 27.3 Å². The average Bonchev–Trinajstić information content (AvgIpc) is 2.88. The van der Waals surface area contributed by atoms with Crippen LogP contribution in [0.1, 0.15) is 12.8 Å². The Morgan fingerprint density at radius 2 is 2.15 bits per heavy atom. The van der Waals surface area contributed by atoms with Gasteiger partial charge in [-0.05, 0) is 31.2 Å². The van der Waals surface area contributed by atoms with Crippen LogP contribution >= 0.6 is 0 Å². The monoisotopic (exact) mass is 276 g/mol. The van der Waals surface area contributed by atoms with Gasteiger partial charge in [-0.15, -0.1) is 10.2 Å². The van der Waals surface area contributed by atoms with Gasteiger partial charge in [0, 0.05) is 31.2 Å². The molecule has 5 nitrogen and oxygen atoms in total. The van der Waals surface area contributed by atoms with E-state index in [1.54, 1.807) is 12.1 Å². The Bertz CT molecular complexity index is 569. The lowest BCUT2D eigenvalue weighted by molar-refractivity contribution is 0.184.